The Balaban J connectivity index is 1.70. The number of hydrogen-bond acceptors (Lipinski definition) is 6. The summed E-state index contributed by atoms with van der Waals surface area (Å²) in [5, 5.41) is 0. The number of morpholine rings is 1. The van der Waals surface area contributed by atoms with E-state index in [1.807, 2.05) is 0 Å². The zero-order valence-corrected chi connectivity index (χ0v) is 10.1. The van der Waals surface area contributed by atoms with Gasteiger partial charge in [-0.1, -0.05) is 0 Å². The molecule has 18 heavy (non-hydrogen) atoms. The number of aromatic nitrogens is 4. The number of rotatable bonds is 3. The standard InChI is InChI=1S/C11H16N6O/c12-10-9-11(14-7-13-9)16-8(15-10)1-2-17-3-5-18-6-4-17/h7H,1-6H2,(H3,12,13,14,15,16). The minimum absolute atomic E-state index is 0.443. The van der Waals surface area contributed by atoms with Gasteiger partial charge in [0.1, 0.15) is 11.3 Å². The average molecular weight is 248 g/mol. The van der Waals surface area contributed by atoms with Gasteiger partial charge >= 0.3 is 0 Å². The Bertz CT molecular complexity index is 533. The molecule has 0 radical (unpaired) electrons. The molecule has 7 heteroatoms. The number of imidazole rings is 1. The summed E-state index contributed by atoms with van der Waals surface area (Å²) in [6.45, 7) is 4.50. The molecule has 2 aromatic rings. The van der Waals surface area contributed by atoms with Gasteiger partial charge in [0.15, 0.2) is 11.5 Å². The number of nitrogens with one attached hydrogen (secondary N) is 1. The summed E-state index contributed by atoms with van der Waals surface area (Å²) in [6.07, 6.45) is 2.38. The molecule has 3 N–H and O–H groups in total. The molecule has 0 aliphatic carbocycles. The maximum absolute atomic E-state index is 5.84. The molecule has 1 aliphatic rings. The first-order valence-corrected chi connectivity index (χ1v) is 6.08. The first-order chi connectivity index (χ1) is 8.83. The molecule has 0 bridgehead atoms. The third-order valence-electron chi connectivity index (χ3n) is 3.11. The van der Waals surface area contributed by atoms with Gasteiger partial charge in [-0.2, -0.15) is 0 Å². The van der Waals surface area contributed by atoms with Crippen LogP contribution in [0.25, 0.3) is 11.2 Å². The Morgan fingerprint density at radius 3 is 3.00 bits per heavy atom. The molecule has 0 aromatic carbocycles. The Kier molecular flexibility index (Phi) is 3.07. The molecule has 3 heterocycles. The highest BCUT2D eigenvalue weighted by molar-refractivity contribution is 5.80. The highest BCUT2D eigenvalue weighted by atomic mass is 16.5. The summed E-state index contributed by atoms with van der Waals surface area (Å²) in [7, 11) is 0. The van der Waals surface area contributed by atoms with Crippen molar-refractivity contribution in [2.24, 2.45) is 0 Å². The quantitative estimate of drug-likeness (QED) is 0.782. The number of nitrogen functional groups attached to an aromatic ring is 1. The number of nitrogens with two attached hydrogens (primary N) is 1. The van der Waals surface area contributed by atoms with Gasteiger partial charge in [0, 0.05) is 26.1 Å². The molecule has 0 atom stereocenters. The first-order valence-electron chi connectivity index (χ1n) is 6.08. The minimum Gasteiger partial charge on any atom is -0.382 e. The molecule has 1 fully saturated rings. The van der Waals surface area contributed by atoms with E-state index in [0.717, 1.165) is 45.1 Å². The van der Waals surface area contributed by atoms with E-state index in [4.69, 9.17) is 10.5 Å². The van der Waals surface area contributed by atoms with Crippen molar-refractivity contribution in [2.45, 2.75) is 6.42 Å². The maximum Gasteiger partial charge on any atom is 0.163 e. The van der Waals surface area contributed by atoms with Crippen LogP contribution >= 0.6 is 0 Å². The summed E-state index contributed by atoms with van der Waals surface area (Å²) in [5.41, 5.74) is 7.19. The largest absolute Gasteiger partial charge is 0.382 e. The van der Waals surface area contributed by atoms with Crippen molar-refractivity contribution in [3.8, 4) is 0 Å². The Hall–Kier alpha value is -1.73. The number of anilines is 1. The topological polar surface area (TPSA) is 93.0 Å². The first kappa shape index (κ1) is 11.4. The van der Waals surface area contributed by atoms with E-state index in [1.54, 1.807) is 6.33 Å². The van der Waals surface area contributed by atoms with Crippen molar-refractivity contribution in [1.29, 1.82) is 0 Å². The van der Waals surface area contributed by atoms with Crippen LogP contribution in [0.2, 0.25) is 0 Å². The third-order valence-corrected chi connectivity index (χ3v) is 3.11. The molecule has 96 valence electrons. The monoisotopic (exact) mass is 248 g/mol. The molecule has 1 saturated heterocycles. The van der Waals surface area contributed by atoms with Gasteiger partial charge < -0.3 is 15.5 Å². The molecular weight excluding hydrogens is 232 g/mol. The van der Waals surface area contributed by atoms with Crippen LogP contribution in [0, 0.1) is 0 Å². The zero-order chi connectivity index (χ0) is 12.4. The highest BCUT2D eigenvalue weighted by Crippen LogP contribution is 2.13. The minimum atomic E-state index is 0.443. The summed E-state index contributed by atoms with van der Waals surface area (Å²) in [5.74, 6) is 1.20. The predicted molar refractivity (Wildman–Crippen MR) is 67.1 cm³/mol. The molecule has 2 aromatic heterocycles. The molecule has 0 saturated carbocycles. The van der Waals surface area contributed by atoms with E-state index in [2.05, 4.69) is 24.8 Å². The van der Waals surface area contributed by atoms with Gasteiger partial charge in [-0.3, -0.25) is 4.90 Å². The fourth-order valence-corrected chi connectivity index (χ4v) is 2.10. The molecule has 7 nitrogen and oxygen atoms in total. The Morgan fingerprint density at radius 1 is 1.33 bits per heavy atom. The van der Waals surface area contributed by atoms with Gasteiger partial charge in [-0.05, 0) is 0 Å². The van der Waals surface area contributed by atoms with Crippen LogP contribution in [0.3, 0.4) is 0 Å². The summed E-state index contributed by atoms with van der Waals surface area (Å²) in [4.78, 5) is 18.1. The second-order valence-electron chi connectivity index (χ2n) is 4.33. The van der Waals surface area contributed by atoms with Gasteiger partial charge in [-0.15, -0.1) is 0 Å². The average Bonchev–Trinajstić information content (AvgIpc) is 2.86. The van der Waals surface area contributed by atoms with Crippen LogP contribution in [0.15, 0.2) is 6.33 Å². The van der Waals surface area contributed by atoms with Crippen LogP contribution in [0.4, 0.5) is 5.82 Å². The number of H-pyrrole nitrogens is 1. The molecular formula is C11H16N6O. The molecule has 0 unspecified atom stereocenters. The van der Waals surface area contributed by atoms with Gasteiger partial charge in [0.05, 0.1) is 19.5 Å². The van der Waals surface area contributed by atoms with Crippen LogP contribution in [0.1, 0.15) is 5.82 Å². The predicted octanol–water partition coefficient (Wildman–Crippen LogP) is -0.190. The Morgan fingerprint density at radius 2 is 2.17 bits per heavy atom. The number of fused-ring (bicyclic) bond motifs is 1. The van der Waals surface area contributed by atoms with Crippen LogP contribution in [0.5, 0.6) is 0 Å². The smallest absolute Gasteiger partial charge is 0.163 e. The number of nitrogens with zero attached hydrogens (tertiary/aromatic N) is 4. The molecule has 0 amide bonds. The highest BCUT2D eigenvalue weighted by Gasteiger charge is 2.12. The lowest BCUT2D eigenvalue weighted by Crippen LogP contribution is -2.37. The number of ether oxygens (including phenoxy) is 1. The number of hydrogen-bond donors (Lipinski definition) is 2. The Labute approximate surface area is 104 Å². The van der Waals surface area contributed by atoms with E-state index in [0.29, 0.717) is 17.0 Å². The van der Waals surface area contributed by atoms with Crippen LogP contribution in [-0.2, 0) is 11.2 Å². The van der Waals surface area contributed by atoms with Crippen LogP contribution < -0.4 is 5.73 Å². The second-order valence-corrected chi connectivity index (χ2v) is 4.33. The molecule has 1 aliphatic heterocycles. The lowest BCUT2D eigenvalue weighted by atomic mass is 10.3. The van der Waals surface area contributed by atoms with Crippen molar-refractivity contribution in [3.63, 3.8) is 0 Å². The van der Waals surface area contributed by atoms with Crippen LogP contribution in [-0.4, -0.2) is 57.7 Å². The molecule has 0 spiro atoms. The van der Waals surface area contributed by atoms with E-state index in [9.17, 15) is 0 Å². The fraction of sp³-hybridized carbons (Fsp3) is 0.545. The van der Waals surface area contributed by atoms with Crippen molar-refractivity contribution in [2.75, 3.05) is 38.6 Å². The second kappa shape index (κ2) is 4.87. The maximum atomic E-state index is 5.84. The third kappa shape index (κ3) is 2.27. The fourth-order valence-electron chi connectivity index (χ4n) is 2.10. The lowest BCUT2D eigenvalue weighted by molar-refractivity contribution is 0.0382. The number of aromatic amines is 1. The van der Waals surface area contributed by atoms with E-state index >= 15 is 0 Å². The van der Waals surface area contributed by atoms with Crippen molar-refractivity contribution in [1.82, 2.24) is 24.8 Å². The lowest BCUT2D eigenvalue weighted by Gasteiger charge is -2.26. The van der Waals surface area contributed by atoms with Crippen molar-refractivity contribution in [3.05, 3.63) is 12.2 Å². The van der Waals surface area contributed by atoms with Gasteiger partial charge in [0.2, 0.25) is 0 Å². The van der Waals surface area contributed by atoms with E-state index in [-0.39, 0.29) is 0 Å². The summed E-state index contributed by atoms with van der Waals surface area (Å²) >= 11 is 0. The summed E-state index contributed by atoms with van der Waals surface area (Å²) < 4.78 is 5.31. The molecule has 3 rings (SSSR count). The van der Waals surface area contributed by atoms with E-state index in [1.165, 1.54) is 0 Å². The SMILES string of the molecule is Nc1nc(CCN2CCOCC2)nc2[nH]cnc12. The normalized spacial score (nSPS) is 17.3. The van der Waals surface area contributed by atoms with Gasteiger partial charge in [-0.25, -0.2) is 15.0 Å². The van der Waals surface area contributed by atoms with Crippen molar-refractivity contribution >= 4 is 17.0 Å². The van der Waals surface area contributed by atoms with E-state index < -0.39 is 0 Å². The van der Waals surface area contributed by atoms with Crippen molar-refractivity contribution < 1.29 is 4.74 Å². The zero-order valence-electron chi connectivity index (χ0n) is 10.1. The van der Waals surface area contributed by atoms with Gasteiger partial charge in [0.25, 0.3) is 0 Å². The summed E-state index contributed by atoms with van der Waals surface area (Å²) in [6, 6.07) is 0.